The van der Waals surface area contributed by atoms with Crippen LogP contribution in [0.15, 0.2) is 42.5 Å². The Labute approximate surface area is 157 Å². The van der Waals surface area contributed by atoms with Gasteiger partial charge in [-0.2, -0.15) is 0 Å². The molecule has 2 rings (SSSR count). The highest BCUT2D eigenvalue weighted by Gasteiger charge is 2.17. The summed E-state index contributed by atoms with van der Waals surface area (Å²) in [6.07, 6.45) is 1.53. The number of hydrogen-bond donors (Lipinski definition) is 1. The van der Waals surface area contributed by atoms with Crippen molar-refractivity contribution in [2.45, 2.75) is 19.8 Å². The van der Waals surface area contributed by atoms with E-state index in [1.54, 1.807) is 18.2 Å². The number of halogens is 2. The van der Waals surface area contributed by atoms with Crippen LogP contribution in [0.3, 0.4) is 0 Å². The zero-order valence-corrected chi connectivity index (χ0v) is 16.1. The van der Waals surface area contributed by atoms with Crippen LogP contribution in [0.25, 0.3) is 0 Å². The summed E-state index contributed by atoms with van der Waals surface area (Å²) in [5.74, 6) is -0.684. The zero-order valence-electron chi connectivity index (χ0n) is 14.5. The van der Waals surface area contributed by atoms with Crippen molar-refractivity contribution in [3.8, 4) is 0 Å². The van der Waals surface area contributed by atoms with E-state index in [1.807, 2.05) is 6.92 Å². The van der Waals surface area contributed by atoms with E-state index in [0.29, 0.717) is 22.8 Å². The first kappa shape index (κ1) is 20.2. The summed E-state index contributed by atoms with van der Waals surface area (Å²) in [7, 11) is -3.54. The van der Waals surface area contributed by atoms with Gasteiger partial charge in [0.2, 0.25) is 15.9 Å². The average Bonchev–Trinajstić information content (AvgIpc) is 2.55. The number of hydrogen-bond acceptors (Lipinski definition) is 3. The van der Waals surface area contributed by atoms with E-state index in [9.17, 15) is 17.6 Å². The normalized spacial score (nSPS) is 11.2. The second-order valence-electron chi connectivity index (χ2n) is 5.93. The molecule has 26 heavy (non-hydrogen) atoms. The first-order valence-corrected chi connectivity index (χ1v) is 10.2. The predicted octanol–water partition coefficient (Wildman–Crippen LogP) is 3.97. The minimum Gasteiger partial charge on any atom is -0.326 e. The maximum absolute atomic E-state index is 13.0. The number of rotatable bonds is 7. The van der Waals surface area contributed by atoms with Crippen LogP contribution < -0.4 is 9.62 Å². The van der Waals surface area contributed by atoms with E-state index in [1.165, 1.54) is 24.3 Å². The number of sulfonamides is 1. The second kappa shape index (κ2) is 8.51. The first-order valence-electron chi connectivity index (χ1n) is 7.96. The Balaban J connectivity index is 1.95. The molecule has 2 aromatic rings. The molecule has 0 aliphatic heterocycles. The van der Waals surface area contributed by atoms with Gasteiger partial charge in [0, 0.05) is 23.7 Å². The minimum atomic E-state index is -3.54. The Morgan fingerprint density at radius 1 is 1.19 bits per heavy atom. The summed E-state index contributed by atoms with van der Waals surface area (Å²) in [6, 6.07) is 10.4. The highest BCUT2D eigenvalue weighted by atomic mass is 35.5. The van der Waals surface area contributed by atoms with E-state index in [4.69, 9.17) is 11.6 Å². The lowest BCUT2D eigenvalue weighted by atomic mass is 10.2. The summed E-state index contributed by atoms with van der Waals surface area (Å²) in [6.45, 7) is 1.98. The largest absolute Gasteiger partial charge is 0.326 e. The van der Waals surface area contributed by atoms with Gasteiger partial charge in [-0.1, -0.05) is 17.7 Å². The molecule has 5 nitrogen and oxygen atoms in total. The summed E-state index contributed by atoms with van der Waals surface area (Å²) in [5, 5.41) is 3.29. The Bertz CT molecular complexity index is 886. The molecule has 0 saturated carbocycles. The van der Waals surface area contributed by atoms with Crippen molar-refractivity contribution < 1.29 is 17.6 Å². The molecule has 8 heteroatoms. The molecule has 0 aromatic heterocycles. The molecule has 1 amide bonds. The van der Waals surface area contributed by atoms with Gasteiger partial charge >= 0.3 is 0 Å². The number of anilines is 2. The van der Waals surface area contributed by atoms with Gasteiger partial charge in [-0.15, -0.1) is 0 Å². The maximum Gasteiger partial charge on any atom is 0.232 e. The molecule has 0 spiro atoms. The topological polar surface area (TPSA) is 66.5 Å². The van der Waals surface area contributed by atoms with Crippen molar-refractivity contribution in [2.75, 3.05) is 22.4 Å². The number of nitrogens with one attached hydrogen (secondary N) is 1. The quantitative estimate of drug-likeness (QED) is 0.767. The van der Waals surface area contributed by atoms with Crippen molar-refractivity contribution in [3.63, 3.8) is 0 Å². The van der Waals surface area contributed by atoms with Crippen LogP contribution in [-0.4, -0.2) is 27.1 Å². The number of amides is 1. The number of aryl methyl sites for hydroxylation is 1. The summed E-state index contributed by atoms with van der Waals surface area (Å²) in [5.41, 5.74) is 1.86. The molecular weight excluding hydrogens is 379 g/mol. The molecule has 0 atom stereocenters. The summed E-state index contributed by atoms with van der Waals surface area (Å²) < 4.78 is 38.1. The fourth-order valence-electron chi connectivity index (χ4n) is 2.37. The van der Waals surface area contributed by atoms with Gasteiger partial charge in [0.15, 0.2) is 0 Å². The van der Waals surface area contributed by atoms with Gasteiger partial charge in [0.25, 0.3) is 0 Å². The lowest BCUT2D eigenvalue weighted by Crippen LogP contribution is -2.31. The van der Waals surface area contributed by atoms with E-state index in [-0.39, 0.29) is 18.9 Å². The van der Waals surface area contributed by atoms with Gasteiger partial charge in [0.1, 0.15) is 5.82 Å². The molecule has 2 aromatic carbocycles. The van der Waals surface area contributed by atoms with Crippen LogP contribution in [0, 0.1) is 12.7 Å². The van der Waals surface area contributed by atoms with Crippen LogP contribution in [-0.2, 0) is 14.8 Å². The van der Waals surface area contributed by atoms with Gasteiger partial charge in [-0.05, 0) is 55.3 Å². The molecule has 0 aliphatic carbocycles. The third kappa shape index (κ3) is 5.71. The van der Waals surface area contributed by atoms with E-state index >= 15 is 0 Å². The van der Waals surface area contributed by atoms with Crippen molar-refractivity contribution in [3.05, 3.63) is 58.9 Å². The molecule has 0 saturated heterocycles. The summed E-state index contributed by atoms with van der Waals surface area (Å²) >= 11 is 6.02. The first-order chi connectivity index (χ1) is 12.2. The second-order valence-corrected chi connectivity index (χ2v) is 8.24. The van der Waals surface area contributed by atoms with Crippen LogP contribution in [0.5, 0.6) is 0 Å². The average molecular weight is 399 g/mol. The fraction of sp³-hybridized carbons (Fsp3) is 0.278. The smallest absolute Gasteiger partial charge is 0.232 e. The molecule has 0 fully saturated rings. The van der Waals surface area contributed by atoms with Crippen molar-refractivity contribution in [1.82, 2.24) is 0 Å². The number of carbonyl (C=O) groups is 1. The van der Waals surface area contributed by atoms with Crippen molar-refractivity contribution in [2.24, 2.45) is 0 Å². The standard InChI is InChI=1S/C18H20ClFN2O3S/c1-13-5-8-15(12-17(13)19)21-18(23)4-3-11-22(26(2,24)25)16-9-6-14(20)7-10-16/h5-10,12H,3-4,11H2,1-2H3,(H,21,23). The molecule has 0 aliphatic rings. The SMILES string of the molecule is Cc1ccc(NC(=O)CCCN(c2ccc(F)cc2)S(C)(=O)=O)cc1Cl. The number of nitrogens with zero attached hydrogens (tertiary/aromatic N) is 1. The van der Waals surface area contributed by atoms with Crippen molar-refractivity contribution >= 4 is 38.9 Å². The molecule has 1 N–H and O–H groups in total. The molecule has 0 unspecified atom stereocenters. The van der Waals surface area contributed by atoms with Crippen LogP contribution >= 0.6 is 11.6 Å². The third-order valence-electron chi connectivity index (χ3n) is 3.74. The van der Waals surface area contributed by atoms with Gasteiger partial charge in [-0.25, -0.2) is 12.8 Å². The minimum absolute atomic E-state index is 0.118. The third-order valence-corrected chi connectivity index (χ3v) is 5.34. The Morgan fingerprint density at radius 3 is 2.42 bits per heavy atom. The molecular formula is C18H20ClFN2O3S. The number of carbonyl (C=O) groups excluding carboxylic acids is 1. The van der Waals surface area contributed by atoms with Gasteiger partial charge in [-0.3, -0.25) is 9.10 Å². The Kier molecular flexibility index (Phi) is 6.61. The van der Waals surface area contributed by atoms with E-state index in [2.05, 4.69) is 5.32 Å². The highest BCUT2D eigenvalue weighted by molar-refractivity contribution is 7.92. The van der Waals surface area contributed by atoms with Crippen LogP contribution in [0.2, 0.25) is 5.02 Å². The molecule has 0 radical (unpaired) electrons. The summed E-state index contributed by atoms with van der Waals surface area (Å²) in [4.78, 5) is 12.0. The highest BCUT2D eigenvalue weighted by Crippen LogP contribution is 2.21. The zero-order chi connectivity index (χ0) is 19.3. The van der Waals surface area contributed by atoms with Crippen molar-refractivity contribution in [1.29, 1.82) is 0 Å². The molecule has 0 heterocycles. The fourth-order valence-corrected chi connectivity index (χ4v) is 3.52. The molecule has 140 valence electrons. The van der Waals surface area contributed by atoms with Gasteiger partial charge in [0.05, 0.1) is 11.9 Å². The Morgan fingerprint density at radius 2 is 1.85 bits per heavy atom. The van der Waals surface area contributed by atoms with Gasteiger partial charge < -0.3 is 5.32 Å². The van der Waals surface area contributed by atoms with Crippen LogP contribution in [0.4, 0.5) is 15.8 Å². The van der Waals surface area contributed by atoms with E-state index < -0.39 is 15.8 Å². The maximum atomic E-state index is 13.0. The lowest BCUT2D eigenvalue weighted by molar-refractivity contribution is -0.116. The monoisotopic (exact) mass is 398 g/mol. The molecule has 0 bridgehead atoms. The predicted molar refractivity (Wildman–Crippen MR) is 103 cm³/mol. The lowest BCUT2D eigenvalue weighted by Gasteiger charge is -2.22. The Hall–Kier alpha value is -2.12. The number of benzene rings is 2. The van der Waals surface area contributed by atoms with Crippen LogP contribution in [0.1, 0.15) is 18.4 Å². The van der Waals surface area contributed by atoms with E-state index in [0.717, 1.165) is 16.1 Å².